The number of hydrogen-bond acceptors (Lipinski definition) is 4. The maximum absolute atomic E-state index is 10.7. The summed E-state index contributed by atoms with van der Waals surface area (Å²) in [5.41, 5.74) is 2.74. The molecule has 1 aromatic heterocycles. The van der Waals surface area contributed by atoms with E-state index in [9.17, 15) is 10.1 Å². The Morgan fingerprint density at radius 2 is 1.82 bits per heavy atom. The lowest BCUT2D eigenvalue weighted by Gasteiger charge is -2.08. The van der Waals surface area contributed by atoms with Crippen LogP contribution in [0.2, 0.25) is 0 Å². The molecule has 0 fully saturated rings. The van der Waals surface area contributed by atoms with Crippen molar-refractivity contribution < 1.29 is 14.4 Å². The molecule has 2 aromatic carbocycles. The van der Waals surface area contributed by atoms with Crippen LogP contribution in [0.25, 0.3) is 22.0 Å². The van der Waals surface area contributed by atoms with Crippen LogP contribution >= 0.6 is 0 Å². The number of fused-ring (bicyclic) bond motifs is 1. The minimum atomic E-state index is -0.412. The molecular formula is C16H14N2O4. The Balaban J connectivity index is 2.16. The molecule has 0 atom stereocenters. The highest BCUT2D eigenvalue weighted by molar-refractivity contribution is 6.00. The van der Waals surface area contributed by atoms with Gasteiger partial charge in [0.15, 0.2) is 0 Å². The summed E-state index contributed by atoms with van der Waals surface area (Å²) in [4.78, 5) is 13.5. The maximum atomic E-state index is 10.7. The first-order valence-corrected chi connectivity index (χ1v) is 6.62. The molecule has 0 spiro atoms. The number of H-pyrrole nitrogens is 1. The number of aromatic nitrogens is 1. The van der Waals surface area contributed by atoms with Crippen LogP contribution in [-0.4, -0.2) is 24.1 Å². The van der Waals surface area contributed by atoms with Crippen molar-refractivity contribution in [2.45, 2.75) is 0 Å². The Kier molecular flexibility index (Phi) is 3.42. The Morgan fingerprint density at radius 1 is 1.09 bits per heavy atom. The standard InChI is InChI=1S/C16H14N2O4/c1-21-12-7-14-16(15(8-12)22-2)13(9-17-14)10-3-5-11(6-4-10)18(19)20/h3-9,17H,1-2H3. The summed E-state index contributed by atoms with van der Waals surface area (Å²) in [5, 5.41) is 11.7. The summed E-state index contributed by atoms with van der Waals surface area (Å²) in [7, 11) is 3.20. The molecule has 0 amide bonds. The smallest absolute Gasteiger partial charge is 0.269 e. The van der Waals surface area contributed by atoms with Crippen LogP contribution < -0.4 is 9.47 Å². The van der Waals surface area contributed by atoms with Crippen molar-refractivity contribution in [3.8, 4) is 22.6 Å². The zero-order valence-corrected chi connectivity index (χ0v) is 12.1. The van der Waals surface area contributed by atoms with E-state index in [2.05, 4.69) is 4.98 Å². The molecule has 22 heavy (non-hydrogen) atoms. The average molecular weight is 298 g/mol. The summed E-state index contributed by atoms with van der Waals surface area (Å²) in [6.07, 6.45) is 1.85. The first kappa shape index (κ1) is 13.9. The highest BCUT2D eigenvalue weighted by atomic mass is 16.6. The summed E-state index contributed by atoms with van der Waals surface area (Å²) in [6, 6.07) is 10.1. The van der Waals surface area contributed by atoms with E-state index in [0.717, 1.165) is 22.0 Å². The van der Waals surface area contributed by atoms with Crippen molar-refractivity contribution in [3.05, 3.63) is 52.7 Å². The molecule has 1 N–H and O–H groups in total. The summed E-state index contributed by atoms with van der Waals surface area (Å²) >= 11 is 0. The fourth-order valence-corrected chi connectivity index (χ4v) is 2.47. The van der Waals surface area contributed by atoms with E-state index in [-0.39, 0.29) is 5.69 Å². The van der Waals surface area contributed by atoms with Gasteiger partial charge >= 0.3 is 0 Å². The third-order valence-electron chi connectivity index (χ3n) is 3.56. The number of aromatic amines is 1. The number of hydrogen-bond donors (Lipinski definition) is 1. The number of nitrogens with one attached hydrogen (secondary N) is 1. The van der Waals surface area contributed by atoms with E-state index in [0.29, 0.717) is 11.5 Å². The Hall–Kier alpha value is -3.02. The van der Waals surface area contributed by atoms with Gasteiger partial charge in [-0.3, -0.25) is 10.1 Å². The van der Waals surface area contributed by atoms with Gasteiger partial charge in [0.05, 0.1) is 24.7 Å². The first-order chi connectivity index (χ1) is 10.6. The minimum absolute atomic E-state index is 0.0669. The highest BCUT2D eigenvalue weighted by Crippen LogP contribution is 2.38. The van der Waals surface area contributed by atoms with Gasteiger partial charge in [0, 0.05) is 41.4 Å². The SMILES string of the molecule is COc1cc(OC)c2c(-c3ccc([N+](=O)[O-])cc3)c[nH]c2c1. The van der Waals surface area contributed by atoms with Crippen LogP contribution in [0, 0.1) is 10.1 Å². The molecule has 0 aliphatic carbocycles. The molecule has 6 heteroatoms. The molecule has 0 saturated heterocycles. The molecule has 3 rings (SSSR count). The molecule has 0 aliphatic rings. The number of non-ortho nitro benzene ring substituents is 1. The first-order valence-electron chi connectivity index (χ1n) is 6.62. The lowest BCUT2D eigenvalue weighted by Crippen LogP contribution is -1.89. The quantitative estimate of drug-likeness (QED) is 0.587. The van der Waals surface area contributed by atoms with Crippen molar-refractivity contribution in [2.24, 2.45) is 0 Å². The van der Waals surface area contributed by atoms with Gasteiger partial charge in [-0.05, 0) is 17.7 Å². The van der Waals surface area contributed by atoms with Crippen LogP contribution in [0.3, 0.4) is 0 Å². The number of nitro benzene ring substituents is 1. The van der Waals surface area contributed by atoms with Gasteiger partial charge in [0.25, 0.3) is 5.69 Å². The number of benzene rings is 2. The highest BCUT2D eigenvalue weighted by Gasteiger charge is 2.14. The Labute approximate surface area is 126 Å². The summed E-state index contributed by atoms with van der Waals surface area (Å²) < 4.78 is 10.7. The normalized spacial score (nSPS) is 10.6. The number of nitro groups is 1. The predicted molar refractivity (Wildman–Crippen MR) is 83.5 cm³/mol. The summed E-state index contributed by atoms with van der Waals surface area (Å²) in [5.74, 6) is 1.38. The van der Waals surface area contributed by atoms with E-state index in [1.807, 2.05) is 18.3 Å². The van der Waals surface area contributed by atoms with Gasteiger partial charge in [-0.15, -0.1) is 0 Å². The fraction of sp³-hybridized carbons (Fsp3) is 0.125. The zero-order chi connectivity index (χ0) is 15.7. The van der Waals surface area contributed by atoms with Gasteiger partial charge in [-0.1, -0.05) is 0 Å². The average Bonchev–Trinajstić information content (AvgIpc) is 2.97. The van der Waals surface area contributed by atoms with E-state index < -0.39 is 4.92 Å². The van der Waals surface area contributed by atoms with Crippen LogP contribution in [-0.2, 0) is 0 Å². The molecule has 3 aromatic rings. The van der Waals surface area contributed by atoms with Crippen LogP contribution in [0.4, 0.5) is 5.69 Å². The van der Waals surface area contributed by atoms with Crippen molar-refractivity contribution in [2.75, 3.05) is 14.2 Å². The summed E-state index contributed by atoms with van der Waals surface area (Å²) in [6.45, 7) is 0. The Morgan fingerprint density at radius 3 is 2.41 bits per heavy atom. The van der Waals surface area contributed by atoms with E-state index in [4.69, 9.17) is 9.47 Å². The zero-order valence-electron chi connectivity index (χ0n) is 12.1. The molecule has 0 aliphatic heterocycles. The fourth-order valence-electron chi connectivity index (χ4n) is 2.47. The lowest BCUT2D eigenvalue weighted by atomic mass is 10.0. The van der Waals surface area contributed by atoms with Gasteiger partial charge < -0.3 is 14.5 Å². The van der Waals surface area contributed by atoms with E-state index >= 15 is 0 Å². The second kappa shape index (κ2) is 5.40. The topological polar surface area (TPSA) is 77.4 Å². The number of rotatable bonds is 4. The van der Waals surface area contributed by atoms with E-state index in [1.165, 1.54) is 12.1 Å². The molecule has 6 nitrogen and oxygen atoms in total. The number of nitrogens with zero attached hydrogens (tertiary/aromatic N) is 1. The number of ether oxygens (including phenoxy) is 2. The predicted octanol–water partition coefficient (Wildman–Crippen LogP) is 3.76. The van der Waals surface area contributed by atoms with Crippen LogP contribution in [0.5, 0.6) is 11.5 Å². The second-order valence-corrected chi connectivity index (χ2v) is 4.76. The van der Waals surface area contributed by atoms with Gasteiger partial charge in [-0.25, -0.2) is 0 Å². The van der Waals surface area contributed by atoms with Crippen molar-refractivity contribution in [1.82, 2.24) is 4.98 Å². The molecular weight excluding hydrogens is 284 g/mol. The molecule has 112 valence electrons. The molecule has 1 heterocycles. The van der Waals surface area contributed by atoms with Crippen molar-refractivity contribution >= 4 is 16.6 Å². The van der Waals surface area contributed by atoms with Crippen molar-refractivity contribution in [1.29, 1.82) is 0 Å². The number of methoxy groups -OCH3 is 2. The minimum Gasteiger partial charge on any atom is -0.497 e. The lowest BCUT2D eigenvalue weighted by molar-refractivity contribution is -0.384. The van der Waals surface area contributed by atoms with Gasteiger partial charge in [0.1, 0.15) is 11.5 Å². The second-order valence-electron chi connectivity index (χ2n) is 4.76. The van der Waals surface area contributed by atoms with Gasteiger partial charge in [-0.2, -0.15) is 0 Å². The maximum Gasteiger partial charge on any atom is 0.269 e. The molecule has 0 unspecified atom stereocenters. The largest absolute Gasteiger partial charge is 0.497 e. The van der Waals surface area contributed by atoms with E-state index in [1.54, 1.807) is 26.4 Å². The van der Waals surface area contributed by atoms with Crippen LogP contribution in [0.1, 0.15) is 0 Å². The van der Waals surface area contributed by atoms with Crippen molar-refractivity contribution in [3.63, 3.8) is 0 Å². The van der Waals surface area contributed by atoms with Crippen LogP contribution in [0.15, 0.2) is 42.6 Å². The molecule has 0 bridgehead atoms. The molecule has 0 radical (unpaired) electrons. The van der Waals surface area contributed by atoms with Gasteiger partial charge in [0.2, 0.25) is 0 Å². The Bertz CT molecular complexity index is 837. The third kappa shape index (κ3) is 2.24. The molecule has 0 saturated carbocycles. The monoisotopic (exact) mass is 298 g/mol. The third-order valence-corrected chi connectivity index (χ3v) is 3.56.